The Morgan fingerprint density at radius 3 is 2.13 bits per heavy atom. The average Bonchev–Trinajstić information content (AvgIpc) is 2.78. The van der Waals surface area contributed by atoms with E-state index in [1.165, 1.54) is 0 Å². The highest BCUT2D eigenvalue weighted by molar-refractivity contribution is 7.80. The van der Waals surface area contributed by atoms with Crippen LogP contribution in [0.5, 0.6) is 0 Å². The summed E-state index contributed by atoms with van der Waals surface area (Å²) in [6, 6.07) is 25.1. The second-order valence-corrected chi connectivity index (χ2v) is 8.94. The van der Waals surface area contributed by atoms with E-state index >= 15 is 0 Å². The number of benzene rings is 3. The van der Waals surface area contributed by atoms with Gasteiger partial charge in [-0.25, -0.2) is 0 Å². The number of halogens is 2. The molecule has 3 aromatic carbocycles. The van der Waals surface area contributed by atoms with Crippen molar-refractivity contribution in [2.75, 3.05) is 11.4 Å². The van der Waals surface area contributed by atoms with Crippen molar-refractivity contribution < 1.29 is 4.79 Å². The van der Waals surface area contributed by atoms with Gasteiger partial charge < -0.3 is 4.90 Å². The van der Waals surface area contributed by atoms with Crippen molar-refractivity contribution in [1.82, 2.24) is 4.90 Å². The van der Waals surface area contributed by atoms with Crippen LogP contribution in [0.1, 0.15) is 24.1 Å². The monoisotopic (exact) mass is 468 g/mol. The van der Waals surface area contributed by atoms with Crippen molar-refractivity contribution in [1.29, 1.82) is 0 Å². The molecule has 0 aliphatic carbocycles. The number of amides is 1. The second-order valence-electron chi connectivity index (χ2n) is 7.70. The highest BCUT2D eigenvalue weighted by Gasteiger charge is 2.39. The van der Waals surface area contributed by atoms with Gasteiger partial charge in [-0.1, -0.05) is 65.7 Å². The third-order valence-electron chi connectivity index (χ3n) is 5.65. The van der Waals surface area contributed by atoms with Gasteiger partial charge in [0.05, 0.1) is 17.6 Å². The number of anilines is 1. The van der Waals surface area contributed by atoms with Crippen LogP contribution in [-0.2, 0) is 11.2 Å². The molecule has 31 heavy (non-hydrogen) atoms. The van der Waals surface area contributed by atoms with Crippen LogP contribution in [0.2, 0.25) is 10.0 Å². The Balaban J connectivity index is 1.69. The Labute approximate surface area is 198 Å². The summed E-state index contributed by atoms with van der Waals surface area (Å²) in [5, 5.41) is 1.81. The lowest BCUT2D eigenvalue weighted by Crippen LogP contribution is -2.57. The van der Waals surface area contributed by atoms with Gasteiger partial charge in [-0.05, 0) is 73.1 Å². The molecule has 4 rings (SSSR count). The van der Waals surface area contributed by atoms with Gasteiger partial charge in [0.2, 0.25) is 5.91 Å². The lowest BCUT2D eigenvalue weighted by Gasteiger charge is -2.44. The fraction of sp³-hybridized carbons (Fsp3) is 0.200. The zero-order valence-electron chi connectivity index (χ0n) is 17.0. The van der Waals surface area contributed by atoms with Crippen LogP contribution in [0.3, 0.4) is 0 Å². The molecule has 6 heteroatoms. The molecule has 0 saturated carbocycles. The summed E-state index contributed by atoms with van der Waals surface area (Å²) < 4.78 is 0. The zero-order chi connectivity index (χ0) is 22.0. The SMILES string of the molecule is C[C@H](c1ccccc1)N1C[C@@H](Cc2ccc(Cl)cc2)C(=O)N(c2ccc(Cl)cc2)C1=S. The van der Waals surface area contributed by atoms with Crippen molar-refractivity contribution in [3.63, 3.8) is 0 Å². The van der Waals surface area contributed by atoms with E-state index in [4.69, 9.17) is 35.4 Å². The summed E-state index contributed by atoms with van der Waals surface area (Å²) in [7, 11) is 0. The largest absolute Gasteiger partial charge is 0.341 e. The Morgan fingerprint density at radius 1 is 0.935 bits per heavy atom. The second kappa shape index (κ2) is 9.39. The van der Waals surface area contributed by atoms with E-state index in [-0.39, 0.29) is 17.9 Å². The third-order valence-corrected chi connectivity index (χ3v) is 6.57. The van der Waals surface area contributed by atoms with Gasteiger partial charge in [0.1, 0.15) is 0 Å². The van der Waals surface area contributed by atoms with Gasteiger partial charge in [0.25, 0.3) is 0 Å². The standard InChI is InChI=1S/C25H22Cl2N2OS/c1-17(19-5-3-2-4-6-19)28-16-20(15-18-7-9-21(26)10-8-18)24(30)29(25(28)31)23-13-11-22(27)12-14-23/h2-14,17,20H,15-16H2,1H3/t17-,20-/m1/s1. The molecular weight excluding hydrogens is 447 g/mol. The fourth-order valence-corrected chi connectivity index (χ4v) is 4.60. The molecule has 0 unspecified atom stereocenters. The van der Waals surface area contributed by atoms with Crippen LogP contribution in [0.25, 0.3) is 0 Å². The van der Waals surface area contributed by atoms with Crippen molar-refractivity contribution >= 4 is 52.1 Å². The highest BCUT2D eigenvalue weighted by atomic mass is 35.5. The third kappa shape index (κ3) is 4.77. The molecule has 1 aliphatic heterocycles. The lowest BCUT2D eigenvalue weighted by molar-refractivity contribution is -0.123. The summed E-state index contributed by atoms with van der Waals surface area (Å²) >= 11 is 17.9. The Bertz CT molecular complexity index is 1070. The molecular formula is C25H22Cl2N2OS. The van der Waals surface area contributed by atoms with Crippen LogP contribution < -0.4 is 4.90 Å². The summed E-state index contributed by atoms with van der Waals surface area (Å²) in [4.78, 5) is 17.3. The molecule has 1 fully saturated rings. The van der Waals surface area contributed by atoms with Gasteiger partial charge >= 0.3 is 0 Å². The number of nitrogens with zero attached hydrogens (tertiary/aromatic N) is 2. The average molecular weight is 469 g/mol. The number of hydrogen-bond donors (Lipinski definition) is 0. The first-order chi connectivity index (χ1) is 14.9. The molecule has 158 valence electrons. The molecule has 1 aliphatic rings. The van der Waals surface area contributed by atoms with Crippen molar-refractivity contribution in [2.24, 2.45) is 5.92 Å². The van der Waals surface area contributed by atoms with E-state index in [0.29, 0.717) is 28.1 Å². The first-order valence-electron chi connectivity index (χ1n) is 10.1. The minimum Gasteiger partial charge on any atom is -0.341 e. The predicted octanol–water partition coefficient (Wildman–Crippen LogP) is 6.55. The topological polar surface area (TPSA) is 23.6 Å². The number of carbonyl (C=O) groups excluding carboxylic acids is 1. The molecule has 0 N–H and O–H groups in total. The van der Waals surface area contributed by atoms with Crippen molar-refractivity contribution in [2.45, 2.75) is 19.4 Å². The maximum Gasteiger partial charge on any atom is 0.238 e. The van der Waals surface area contributed by atoms with E-state index in [9.17, 15) is 4.79 Å². The maximum absolute atomic E-state index is 13.5. The molecule has 1 amide bonds. The van der Waals surface area contributed by atoms with E-state index < -0.39 is 0 Å². The fourth-order valence-electron chi connectivity index (χ4n) is 3.92. The van der Waals surface area contributed by atoms with E-state index in [1.807, 2.05) is 54.6 Å². The molecule has 3 aromatic rings. The van der Waals surface area contributed by atoms with Gasteiger partial charge in [-0.15, -0.1) is 0 Å². The van der Waals surface area contributed by atoms with Gasteiger partial charge in [0.15, 0.2) is 5.11 Å². The Morgan fingerprint density at radius 2 is 1.52 bits per heavy atom. The van der Waals surface area contributed by atoms with Crippen molar-refractivity contribution in [3.8, 4) is 0 Å². The number of carbonyl (C=O) groups is 1. The van der Waals surface area contributed by atoms with Crippen LogP contribution in [0.15, 0.2) is 78.9 Å². The minimum absolute atomic E-state index is 0.00113. The normalized spacial score (nSPS) is 17.7. The molecule has 0 radical (unpaired) electrons. The van der Waals surface area contributed by atoms with Gasteiger partial charge in [0, 0.05) is 16.6 Å². The van der Waals surface area contributed by atoms with Crippen LogP contribution >= 0.6 is 35.4 Å². The first-order valence-corrected chi connectivity index (χ1v) is 11.3. The van der Waals surface area contributed by atoms with E-state index in [1.54, 1.807) is 17.0 Å². The first kappa shape index (κ1) is 21.8. The van der Waals surface area contributed by atoms with E-state index in [0.717, 1.165) is 16.8 Å². The minimum atomic E-state index is -0.241. The zero-order valence-corrected chi connectivity index (χ0v) is 19.4. The quantitative estimate of drug-likeness (QED) is 0.396. The number of thiocarbonyl (C=S) groups is 1. The summed E-state index contributed by atoms with van der Waals surface area (Å²) in [6.45, 7) is 2.68. The molecule has 3 nitrogen and oxygen atoms in total. The molecule has 1 saturated heterocycles. The van der Waals surface area contributed by atoms with Crippen LogP contribution in [0, 0.1) is 5.92 Å². The van der Waals surface area contributed by atoms with Crippen molar-refractivity contribution in [3.05, 3.63) is 100 Å². The summed E-state index contributed by atoms with van der Waals surface area (Å²) in [5.74, 6) is -0.242. The molecule has 0 aromatic heterocycles. The van der Waals surface area contributed by atoms with Gasteiger partial charge in [-0.2, -0.15) is 0 Å². The highest BCUT2D eigenvalue weighted by Crippen LogP contribution is 2.32. The number of rotatable bonds is 5. The van der Waals surface area contributed by atoms with Gasteiger partial charge in [-0.3, -0.25) is 9.69 Å². The molecule has 1 heterocycles. The van der Waals surface area contributed by atoms with Crippen LogP contribution in [-0.4, -0.2) is 22.5 Å². The van der Waals surface area contributed by atoms with E-state index in [2.05, 4.69) is 24.0 Å². The Kier molecular flexibility index (Phi) is 6.61. The summed E-state index contributed by atoms with van der Waals surface area (Å²) in [6.07, 6.45) is 0.612. The molecule has 0 spiro atoms. The Hall–Kier alpha value is -2.40. The maximum atomic E-state index is 13.5. The summed E-state index contributed by atoms with van der Waals surface area (Å²) in [5.41, 5.74) is 2.95. The smallest absolute Gasteiger partial charge is 0.238 e. The van der Waals surface area contributed by atoms with Crippen LogP contribution in [0.4, 0.5) is 5.69 Å². The number of hydrogen-bond acceptors (Lipinski definition) is 2. The predicted molar refractivity (Wildman–Crippen MR) is 132 cm³/mol. The molecule has 2 atom stereocenters. The molecule has 0 bridgehead atoms. The lowest BCUT2D eigenvalue weighted by atomic mass is 9.94.